The standard InChI is InChI=1S/C24H34O8/c1-5-20(26)16-22(15-17(3)31-18(4)25)32-24(28)19-9-11-21(12-10-19)29-13-7-8-14-30-23(27)6-2/h6,9-12,17,20,22,26H,2,5,7-8,13-16H2,1,3-4H3. The van der Waals surface area contributed by atoms with Gasteiger partial charge >= 0.3 is 17.9 Å². The molecule has 0 heterocycles. The molecule has 0 amide bonds. The maximum atomic E-state index is 12.6. The van der Waals surface area contributed by atoms with Gasteiger partial charge in [0.1, 0.15) is 18.0 Å². The Kier molecular flexibility index (Phi) is 12.7. The van der Waals surface area contributed by atoms with Gasteiger partial charge in [-0.05, 0) is 50.5 Å². The fraction of sp³-hybridized carbons (Fsp3) is 0.542. The summed E-state index contributed by atoms with van der Waals surface area (Å²) in [6, 6.07) is 6.55. The minimum Gasteiger partial charge on any atom is -0.494 e. The highest BCUT2D eigenvalue weighted by Crippen LogP contribution is 2.18. The van der Waals surface area contributed by atoms with Gasteiger partial charge in [-0.3, -0.25) is 4.79 Å². The van der Waals surface area contributed by atoms with E-state index in [4.69, 9.17) is 18.9 Å². The Labute approximate surface area is 189 Å². The zero-order valence-electron chi connectivity index (χ0n) is 19.1. The van der Waals surface area contributed by atoms with E-state index >= 15 is 0 Å². The van der Waals surface area contributed by atoms with Gasteiger partial charge in [-0.2, -0.15) is 0 Å². The highest BCUT2D eigenvalue weighted by atomic mass is 16.6. The van der Waals surface area contributed by atoms with Crippen molar-refractivity contribution in [3.8, 4) is 5.75 Å². The van der Waals surface area contributed by atoms with Crippen LogP contribution < -0.4 is 4.74 Å². The molecular formula is C24H34O8. The Hall–Kier alpha value is -2.87. The minimum atomic E-state index is -0.617. The fourth-order valence-corrected chi connectivity index (χ4v) is 2.90. The Balaban J connectivity index is 2.53. The summed E-state index contributed by atoms with van der Waals surface area (Å²) < 4.78 is 21.2. The zero-order valence-corrected chi connectivity index (χ0v) is 19.1. The lowest BCUT2D eigenvalue weighted by Crippen LogP contribution is -2.28. The lowest BCUT2D eigenvalue weighted by atomic mass is 10.0. The van der Waals surface area contributed by atoms with Crippen molar-refractivity contribution in [3.63, 3.8) is 0 Å². The Bertz CT molecular complexity index is 728. The molecule has 1 aromatic carbocycles. The number of carbonyl (C=O) groups is 3. The molecule has 0 radical (unpaired) electrons. The van der Waals surface area contributed by atoms with Gasteiger partial charge in [-0.1, -0.05) is 13.5 Å². The molecule has 0 saturated carbocycles. The summed E-state index contributed by atoms with van der Waals surface area (Å²) in [4.78, 5) is 34.6. The third-order valence-corrected chi connectivity index (χ3v) is 4.55. The van der Waals surface area contributed by atoms with Crippen molar-refractivity contribution in [3.05, 3.63) is 42.5 Å². The molecule has 0 aliphatic rings. The van der Waals surface area contributed by atoms with Crippen LogP contribution in [0.5, 0.6) is 5.75 Å². The van der Waals surface area contributed by atoms with Crippen molar-refractivity contribution in [2.24, 2.45) is 0 Å². The molecule has 1 N–H and O–H groups in total. The summed E-state index contributed by atoms with van der Waals surface area (Å²) in [6.45, 7) is 8.96. The van der Waals surface area contributed by atoms with E-state index in [2.05, 4.69) is 6.58 Å². The van der Waals surface area contributed by atoms with Crippen molar-refractivity contribution in [2.45, 2.75) is 71.2 Å². The van der Waals surface area contributed by atoms with Gasteiger partial charge in [0.25, 0.3) is 0 Å². The van der Waals surface area contributed by atoms with Crippen LogP contribution in [0.1, 0.15) is 63.2 Å². The van der Waals surface area contributed by atoms with Crippen LogP contribution in [0.3, 0.4) is 0 Å². The van der Waals surface area contributed by atoms with E-state index in [1.807, 2.05) is 6.92 Å². The van der Waals surface area contributed by atoms with Gasteiger partial charge in [0.05, 0.1) is 24.9 Å². The molecule has 32 heavy (non-hydrogen) atoms. The minimum absolute atomic E-state index is 0.261. The van der Waals surface area contributed by atoms with Crippen LogP contribution in [0.15, 0.2) is 36.9 Å². The second-order valence-electron chi connectivity index (χ2n) is 7.43. The molecule has 1 aromatic rings. The second kappa shape index (κ2) is 15.0. The number of unbranched alkanes of at least 4 members (excludes halogenated alkanes) is 1. The van der Waals surface area contributed by atoms with Gasteiger partial charge in [0, 0.05) is 25.8 Å². The first-order valence-electron chi connectivity index (χ1n) is 10.8. The molecule has 0 bridgehead atoms. The predicted octanol–water partition coefficient (Wildman–Crippen LogP) is 3.60. The van der Waals surface area contributed by atoms with E-state index in [9.17, 15) is 19.5 Å². The maximum absolute atomic E-state index is 12.6. The SMILES string of the molecule is C=CC(=O)OCCCCOc1ccc(C(=O)OC(CC(O)CC)CC(C)OC(C)=O)cc1. The average Bonchev–Trinajstić information content (AvgIpc) is 2.75. The Morgan fingerprint density at radius 1 is 1.06 bits per heavy atom. The van der Waals surface area contributed by atoms with E-state index in [0.29, 0.717) is 50.2 Å². The second-order valence-corrected chi connectivity index (χ2v) is 7.43. The van der Waals surface area contributed by atoms with Crippen LogP contribution in [0.4, 0.5) is 0 Å². The third-order valence-electron chi connectivity index (χ3n) is 4.55. The van der Waals surface area contributed by atoms with Crippen LogP contribution in [-0.4, -0.2) is 54.5 Å². The van der Waals surface area contributed by atoms with E-state index in [1.54, 1.807) is 31.2 Å². The van der Waals surface area contributed by atoms with E-state index in [0.717, 1.165) is 6.08 Å². The van der Waals surface area contributed by atoms with Crippen molar-refractivity contribution >= 4 is 17.9 Å². The molecule has 8 heteroatoms. The monoisotopic (exact) mass is 450 g/mol. The highest BCUT2D eigenvalue weighted by Gasteiger charge is 2.23. The number of benzene rings is 1. The van der Waals surface area contributed by atoms with Gasteiger partial charge in [-0.15, -0.1) is 0 Å². The van der Waals surface area contributed by atoms with E-state index < -0.39 is 36.2 Å². The Morgan fingerprint density at radius 3 is 2.31 bits per heavy atom. The molecule has 1 rings (SSSR count). The maximum Gasteiger partial charge on any atom is 0.338 e. The molecule has 0 saturated heterocycles. The van der Waals surface area contributed by atoms with Crippen molar-refractivity contribution in [1.29, 1.82) is 0 Å². The molecule has 3 unspecified atom stereocenters. The number of rotatable bonds is 15. The largest absolute Gasteiger partial charge is 0.494 e. The van der Waals surface area contributed by atoms with Gasteiger partial charge < -0.3 is 24.1 Å². The first-order chi connectivity index (χ1) is 15.2. The molecule has 0 aliphatic carbocycles. The number of ether oxygens (including phenoxy) is 4. The number of carbonyl (C=O) groups excluding carboxylic acids is 3. The normalized spacial score (nSPS) is 13.4. The van der Waals surface area contributed by atoms with Gasteiger partial charge in [0.15, 0.2) is 0 Å². The fourth-order valence-electron chi connectivity index (χ4n) is 2.90. The van der Waals surface area contributed by atoms with Crippen molar-refractivity contribution < 1.29 is 38.4 Å². The molecular weight excluding hydrogens is 416 g/mol. The molecule has 3 atom stereocenters. The highest BCUT2D eigenvalue weighted by molar-refractivity contribution is 5.89. The quantitative estimate of drug-likeness (QED) is 0.187. The van der Waals surface area contributed by atoms with Crippen LogP contribution in [0.2, 0.25) is 0 Å². The van der Waals surface area contributed by atoms with Crippen LogP contribution >= 0.6 is 0 Å². The number of hydrogen-bond donors (Lipinski definition) is 1. The first kappa shape index (κ1) is 27.2. The predicted molar refractivity (Wildman–Crippen MR) is 118 cm³/mol. The Morgan fingerprint density at radius 2 is 1.72 bits per heavy atom. The van der Waals surface area contributed by atoms with E-state index in [1.165, 1.54) is 6.92 Å². The van der Waals surface area contributed by atoms with Crippen molar-refractivity contribution in [2.75, 3.05) is 13.2 Å². The number of hydrogen-bond acceptors (Lipinski definition) is 8. The number of esters is 3. The zero-order chi connectivity index (χ0) is 23.9. The van der Waals surface area contributed by atoms with E-state index in [-0.39, 0.29) is 6.42 Å². The molecule has 178 valence electrons. The summed E-state index contributed by atoms with van der Waals surface area (Å²) in [5.74, 6) is -0.775. The lowest BCUT2D eigenvalue weighted by Gasteiger charge is -2.23. The summed E-state index contributed by atoms with van der Waals surface area (Å²) in [5, 5.41) is 9.97. The molecule has 8 nitrogen and oxygen atoms in total. The smallest absolute Gasteiger partial charge is 0.338 e. The number of aliphatic hydroxyl groups is 1. The van der Waals surface area contributed by atoms with Crippen LogP contribution in [0, 0.1) is 0 Å². The van der Waals surface area contributed by atoms with Crippen LogP contribution in [0.25, 0.3) is 0 Å². The van der Waals surface area contributed by atoms with Gasteiger partial charge in [-0.25, -0.2) is 9.59 Å². The van der Waals surface area contributed by atoms with Gasteiger partial charge in [0.2, 0.25) is 0 Å². The topological polar surface area (TPSA) is 108 Å². The van der Waals surface area contributed by atoms with Crippen LogP contribution in [-0.2, 0) is 23.8 Å². The number of aliphatic hydroxyl groups excluding tert-OH is 1. The summed E-state index contributed by atoms with van der Waals surface area (Å²) in [6.07, 6.45) is 1.94. The third kappa shape index (κ3) is 11.5. The molecule has 0 fully saturated rings. The molecule has 0 aromatic heterocycles. The molecule has 0 aliphatic heterocycles. The lowest BCUT2D eigenvalue weighted by molar-refractivity contribution is -0.146. The average molecular weight is 451 g/mol. The summed E-state index contributed by atoms with van der Waals surface area (Å²) in [5.41, 5.74) is 0.352. The summed E-state index contributed by atoms with van der Waals surface area (Å²) >= 11 is 0. The molecule has 0 spiro atoms. The van der Waals surface area contributed by atoms with Crippen molar-refractivity contribution in [1.82, 2.24) is 0 Å². The first-order valence-corrected chi connectivity index (χ1v) is 10.8. The summed E-state index contributed by atoms with van der Waals surface area (Å²) in [7, 11) is 0.